The zero-order chi connectivity index (χ0) is 8.27. The van der Waals surface area contributed by atoms with Crippen LogP contribution in [-0.4, -0.2) is 43.2 Å². The van der Waals surface area contributed by atoms with E-state index in [1.165, 1.54) is 5.70 Å². The highest BCUT2D eigenvalue weighted by molar-refractivity contribution is 4.97. The van der Waals surface area contributed by atoms with Crippen molar-refractivity contribution in [3.05, 3.63) is 12.3 Å². The lowest BCUT2D eigenvalue weighted by Crippen LogP contribution is -2.42. The molecule has 11 heavy (non-hydrogen) atoms. The maximum absolute atomic E-state index is 5.47. The van der Waals surface area contributed by atoms with Gasteiger partial charge in [-0.05, 0) is 13.5 Å². The quantitative estimate of drug-likeness (QED) is 0.612. The van der Waals surface area contributed by atoms with Gasteiger partial charge in [-0.1, -0.05) is 6.58 Å². The summed E-state index contributed by atoms with van der Waals surface area (Å²) in [5.74, 6) is 0. The normalized spacial score (nSPS) is 20.9. The van der Waals surface area contributed by atoms with E-state index in [4.69, 9.17) is 5.73 Å². The summed E-state index contributed by atoms with van der Waals surface area (Å²) < 4.78 is 0. The Morgan fingerprint density at radius 2 is 2.36 bits per heavy atom. The van der Waals surface area contributed by atoms with Gasteiger partial charge in [-0.3, -0.25) is 4.90 Å². The van der Waals surface area contributed by atoms with Crippen LogP contribution < -0.4 is 5.73 Å². The molecule has 0 aromatic heterocycles. The summed E-state index contributed by atoms with van der Waals surface area (Å²) in [6.45, 7) is 7.75. The first-order valence-electron chi connectivity index (χ1n) is 4.05. The fraction of sp³-hybridized carbons (Fsp3) is 0.750. The van der Waals surface area contributed by atoms with Crippen LogP contribution in [0.5, 0.6) is 0 Å². The maximum atomic E-state index is 5.47. The summed E-state index contributed by atoms with van der Waals surface area (Å²) in [7, 11) is 2.12. The molecular weight excluding hydrogens is 138 g/mol. The summed E-state index contributed by atoms with van der Waals surface area (Å²) in [5, 5.41) is 0. The number of hydrogen-bond donors (Lipinski definition) is 1. The second kappa shape index (κ2) is 3.74. The molecule has 0 saturated carbocycles. The van der Waals surface area contributed by atoms with Gasteiger partial charge in [-0.2, -0.15) is 0 Å². The van der Waals surface area contributed by atoms with Crippen molar-refractivity contribution in [2.75, 3.05) is 33.4 Å². The van der Waals surface area contributed by atoms with Crippen molar-refractivity contribution in [3.8, 4) is 0 Å². The van der Waals surface area contributed by atoms with Crippen molar-refractivity contribution in [3.63, 3.8) is 0 Å². The minimum Gasteiger partial charge on any atom is -0.361 e. The number of hydrogen-bond acceptors (Lipinski definition) is 3. The third kappa shape index (κ3) is 2.20. The topological polar surface area (TPSA) is 32.5 Å². The minimum absolute atomic E-state index is 0.715. The van der Waals surface area contributed by atoms with E-state index in [1.807, 2.05) is 0 Å². The molecule has 1 rings (SSSR count). The molecule has 0 unspecified atom stereocenters. The van der Waals surface area contributed by atoms with E-state index in [-0.39, 0.29) is 0 Å². The molecule has 1 fully saturated rings. The molecule has 0 aliphatic carbocycles. The monoisotopic (exact) mass is 155 g/mol. The SMILES string of the molecule is C=C1CCN(C)CN1CCN. The molecule has 0 aromatic carbocycles. The molecule has 0 atom stereocenters. The fourth-order valence-electron chi connectivity index (χ4n) is 1.32. The molecule has 1 saturated heterocycles. The molecule has 0 amide bonds. The molecule has 3 heteroatoms. The lowest BCUT2D eigenvalue weighted by Gasteiger charge is -2.36. The van der Waals surface area contributed by atoms with Gasteiger partial charge in [0.2, 0.25) is 0 Å². The van der Waals surface area contributed by atoms with Crippen LogP contribution in [0.3, 0.4) is 0 Å². The number of nitrogens with two attached hydrogens (primary N) is 1. The van der Waals surface area contributed by atoms with Gasteiger partial charge in [0.15, 0.2) is 0 Å². The summed E-state index contributed by atoms with van der Waals surface area (Å²) in [6.07, 6.45) is 1.08. The number of rotatable bonds is 2. The van der Waals surface area contributed by atoms with Gasteiger partial charge in [-0.15, -0.1) is 0 Å². The van der Waals surface area contributed by atoms with Gasteiger partial charge >= 0.3 is 0 Å². The lowest BCUT2D eigenvalue weighted by atomic mass is 10.2. The molecule has 64 valence electrons. The fourth-order valence-corrected chi connectivity index (χ4v) is 1.32. The zero-order valence-electron chi connectivity index (χ0n) is 7.21. The third-order valence-electron chi connectivity index (χ3n) is 2.04. The molecule has 1 heterocycles. The summed E-state index contributed by atoms with van der Waals surface area (Å²) in [5.41, 5.74) is 6.70. The highest BCUT2D eigenvalue weighted by atomic mass is 15.3. The van der Waals surface area contributed by atoms with Crippen LogP contribution in [0.4, 0.5) is 0 Å². The van der Waals surface area contributed by atoms with Crippen molar-refractivity contribution in [2.24, 2.45) is 5.73 Å². The van der Waals surface area contributed by atoms with Crippen LogP contribution in [0, 0.1) is 0 Å². The van der Waals surface area contributed by atoms with Crippen molar-refractivity contribution < 1.29 is 0 Å². The molecule has 3 nitrogen and oxygen atoms in total. The standard InChI is InChI=1S/C8H17N3/c1-8-3-5-10(2)7-11(8)6-4-9/h1,3-7,9H2,2H3. The Labute approximate surface area is 68.5 Å². The second-order valence-corrected chi connectivity index (χ2v) is 3.09. The van der Waals surface area contributed by atoms with Gasteiger partial charge < -0.3 is 10.6 Å². The Balaban J connectivity index is 2.40. The van der Waals surface area contributed by atoms with Crippen LogP contribution in [0.1, 0.15) is 6.42 Å². The van der Waals surface area contributed by atoms with E-state index in [2.05, 4.69) is 23.4 Å². The van der Waals surface area contributed by atoms with Crippen molar-refractivity contribution in [1.82, 2.24) is 9.80 Å². The molecule has 1 aliphatic rings. The molecule has 0 bridgehead atoms. The van der Waals surface area contributed by atoms with Gasteiger partial charge in [-0.25, -0.2) is 0 Å². The van der Waals surface area contributed by atoms with E-state index >= 15 is 0 Å². The van der Waals surface area contributed by atoms with Crippen LogP contribution in [-0.2, 0) is 0 Å². The van der Waals surface area contributed by atoms with Gasteiger partial charge in [0, 0.05) is 25.3 Å². The van der Waals surface area contributed by atoms with Crippen molar-refractivity contribution in [1.29, 1.82) is 0 Å². The van der Waals surface area contributed by atoms with E-state index in [0.717, 1.165) is 26.2 Å². The van der Waals surface area contributed by atoms with Gasteiger partial charge in [0.05, 0.1) is 6.67 Å². The van der Waals surface area contributed by atoms with Crippen molar-refractivity contribution in [2.45, 2.75) is 6.42 Å². The van der Waals surface area contributed by atoms with E-state index < -0.39 is 0 Å². The van der Waals surface area contributed by atoms with E-state index in [1.54, 1.807) is 0 Å². The second-order valence-electron chi connectivity index (χ2n) is 3.09. The Hall–Kier alpha value is -0.540. The zero-order valence-corrected chi connectivity index (χ0v) is 7.21. The Bertz CT molecular complexity index is 144. The predicted molar refractivity (Wildman–Crippen MR) is 47.0 cm³/mol. The summed E-state index contributed by atoms with van der Waals surface area (Å²) >= 11 is 0. The Morgan fingerprint density at radius 3 is 3.00 bits per heavy atom. The predicted octanol–water partition coefficient (Wildman–Crippen LogP) is 0.0538. The molecular formula is C8H17N3. The third-order valence-corrected chi connectivity index (χ3v) is 2.04. The maximum Gasteiger partial charge on any atom is 0.0702 e. The first kappa shape index (κ1) is 8.56. The molecule has 1 aliphatic heterocycles. The van der Waals surface area contributed by atoms with Crippen LogP contribution >= 0.6 is 0 Å². The number of nitrogens with zero attached hydrogens (tertiary/aromatic N) is 2. The largest absolute Gasteiger partial charge is 0.361 e. The average Bonchev–Trinajstić information content (AvgIpc) is 1.98. The highest BCUT2D eigenvalue weighted by Crippen LogP contribution is 2.12. The average molecular weight is 155 g/mol. The smallest absolute Gasteiger partial charge is 0.0702 e. The van der Waals surface area contributed by atoms with E-state index in [9.17, 15) is 0 Å². The minimum atomic E-state index is 0.715. The summed E-state index contributed by atoms with van der Waals surface area (Å²) in [6, 6.07) is 0. The lowest BCUT2D eigenvalue weighted by molar-refractivity contribution is 0.151. The first-order valence-corrected chi connectivity index (χ1v) is 4.05. The van der Waals surface area contributed by atoms with Crippen LogP contribution in [0.2, 0.25) is 0 Å². The van der Waals surface area contributed by atoms with Crippen molar-refractivity contribution >= 4 is 0 Å². The van der Waals surface area contributed by atoms with Crippen LogP contribution in [0.15, 0.2) is 12.3 Å². The molecule has 0 radical (unpaired) electrons. The summed E-state index contributed by atoms with van der Waals surface area (Å²) in [4.78, 5) is 4.52. The van der Waals surface area contributed by atoms with Gasteiger partial charge in [0.1, 0.15) is 0 Å². The Kier molecular flexibility index (Phi) is 2.91. The van der Waals surface area contributed by atoms with Crippen LogP contribution in [0.25, 0.3) is 0 Å². The first-order chi connectivity index (χ1) is 5.24. The van der Waals surface area contributed by atoms with Gasteiger partial charge in [0.25, 0.3) is 0 Å². The molecule has 2 N–H and O–H groups in total. The molecule has 0 aromatic rings. The van der Waals surface area contributed by atoms with E-state index in [0.29, 0.717) is 6.54 Å². The highest BCUT2D eigenvalue weighted by Gasteiger charge is 2.14. The molecule has 0 spiro atoms. The Morgan fingerprint density at radius 1 is 1.64 bits per heavy atom.